The summed E-state index contributed by atoms with van der Waals surface area (Å²) in [5.41, 5.74) is 3.07. The highest BCUT2D eigenvalue weighted by molar-refractivity contribution is 6.00. The van der Waals surface area contributed by atoms with Gasteiger partial charge in [-0.05, 0) is 73.9 Å². The van der Waals surface area contributed by atoms with Crippen LogP contribution in [0.5, 0.6) is 0 Å². The fourth-order valence-corrected chi connectivity index (χ4v) is 4.98. The Bertz CT molecular complexity index is 1220. The van der Waals surface area contributed by atoms with Gasteiger partial charge in [0, 0.05) is 42.2 Å². The summed E-state index contributed by atoms with van der Waals surface area (Å²) in [6, 6.07) is 11.6. The minimum Gasteiger partial charge on any atom is -0.339 e. The van der Waals surface area contributed by atoms with E-state index < -0.39 is 5.82 Å². The van der Waals surface area contributed by atoms with Crippen molar-refractivity contribution in [1.82, 2.24) is 4.90 Å². The smallest absolute Gasteiger partial charge is 0.253 e. The molecule has 2 aromatic rings. The van der Waals surface area contributed by atoms with Crippen molar-refractivity contribution in [2.24, 2.45) is 0 Å². The molecule has 0 N–H and O–H groups in total. The molecule has 0 radical (unpaired) electrons. The van der Waals surface area contributed by atoms with Crippen LogP contribution in [0.4, 0.5) is 14.5 Å². The Hall–Kier alpha value is -3.46. The summed E-state index contributed by atoms with van der Waals surface area (Å²) >= 11 is 0. The highest BCUT2D eigenvalue weighted by Crippen LogP contribution is 2.39. The molecule has 6 heteroatoms. The van der Waals surface area contributed by atoms with E-state index in [1.54, 1.807) is 12.1 Å². The first-order valence-electron chi connectivity index (χ1n) is 12.0. The van der Waals surface area contributed by atoms with Crippen molar-refractivity contribution < 1.29 is 13.6 Å². The van der Waals surface area contributed by atoms with E-state index in [9.17, 15) is 13.6 Å². The van der Waals surface area contributed by atoms with Crippen LogP contribution in [-0.2, 0) is 4.79 Å². The molecule has 34 heavy (non-hydrogen) atoms. The largest absolute Gasteiger partial charge is 0.339 e. The van der Waals surface area contributed by atoms with Crippen LogP contribution < -0.4 is 4.90 Å². The van der Waals surface area contributed by atoms with Gasteiger partial charge in [-0.25, -0.2) is 8.78 Å². The predicted molar refractivity (Wildman–Crippen MR) is 128 cm³/mol. The van der Waals surface area contributed by atoms with E-state index in [1.807, 2.05) is 34.1 Å². The van der Waals surface area contributed by atoms with Crippen molar-refractivity contribution in [1.29, 1.82) is 5.26 Å². The molecule has 1 saturated carbocycles. The molecule has 3 aliphatic rings. The van der Waals surface area contributed by atoms with Crippen molar-refractivity contribution in [3.63, 3.8) is 0 Å². The lowest BCUT2D eigenvalue weighted by Gasteiger charge is -2.33. The molecule has 4 nitrogen and oxygen atoms in total. The van der Waals surface area contributed by atoms with Crippen LogP contribution in [0.25, 0.3) is 5.70 Å². The SMILES string of the molecule is N#Cc1ccc(C2=CC(C(=O)N3CCCCC3)=CCN2c2ccc(C3CCC3)c(F)c2)cc1F. The van der Waals surface area contributed by atoms with Gasteiger partial charge in [0.2, 0.25) is 0 Å². The van der Waals surface area contributed by atoms with E-state index in [4.69, 9.17) is 5.26 Å². The maximum absolute atomic E-state index is 15.0. The fraction of sp³-hybridized carbons (Fsp3) is 0.357. The van der Waals surface area contributed by atoms with E-state index in [1.165, 1.54) is 18.2 Å². The molecule has 0 spiro atoms. The van der Waals surface area contributed by atoms with E-state index in [0.29, 0.717) is 29.1 Å². The van der Waals surface area contributed by atoms with Crippen LogP contribution >= 0.6 is 0 Å². The molecular weight excluding hydrogens is 432 g/mol. The van der Waals surface area contributed by atoms with Crippen molar-refractivity contribution in [2.75, 3.05) is 24.5 Å². The van der Waals surface area contributed by atoms with Crippen molar-refractivity contribution in [2.45, 2.75) is 44.4 Å². The van der Waals surface area contributed by atoms with E-state index >= 15 is 0 Å². The van der Waals surface area contributed by atoms with E-state index in [0.717, 1.165) is 57.2 Å². The summed E-state index contributed by atoms with van der Waals surface area (Å²) in [4.78, 5) is 16.9. The van der Waals surface area contributed by atoms with Gasteiger partial charge in [0.1, 0.15) is 17.7 Å². The molecule has 0 aromatic heterocycles. The lowest BCUT2D eigenvalue weighted by atomic mass is 9.80. The van der Waals surface area contributed by atoms with Crippen molar-refractivity contribution in [3.05, 3.63) is 82.4 Å². The van der Waals surface area contributed by atoms with Gasteiger partial charge in [-0.1, -0.05) is 24.6 Å². The Kier molecular flexibility index (Phi) is 6.19. The maximum Gasteiger partial charge on any atom is 0.253 e. The third-order valence-corrected chi connectivity index (χ3v) is 7.19. The molecule has 2 fully saturated rings. The molecule has 2 aliphatic heterocycles. The monoisotopic (exact) mass is 459 g/mol. The lowest BCUT2D eigenvalue weighted by molar-refractivity contribution is -0.127. The zero-order valence-corrected chi connectivity index (χ0v) is 19.1. The Labute approximate surface area is 198 Å². The second-order valence-electron chi connectivity index (χ2n) is 9.29. The summed E-state index contributed by atoms with van der Waals surface area (Å²) in [5, 5.41) is 9.12. The van der Waals surface area contributed by atoms with Gasteiger partial charge in [0.05, 0.1) is 5.56 Å². The predicted octanol–water partition coefficient (Wildman–Crippen LogP) is 5.90. The van der Waals surface area contributed by atoms with Gasteiger partial charge in [-0.15, -0.1) is 0 Å². The number of anilines is 1. The van der Waals surface area contributed by atoms with Crippen LogP contribution in [-0.4, -0.2) is 30.4 Å². The van der Waals surface area contributed by atoms with Crippen LogP contribution in [0.1, 0.15) is 61.1 Å². The zero-order valence-electron chi connectivity index (χ0n) is 19.1. The molecule has 2 heterocycles. The number of hydrogen-bond donors (Lipinski definition) is 0. The van der Waals surface area contributed by atoms with Crippen LogP contribution in [0, 0.1) is 23.0 Å². The first kappa shape index (κ1) is 22.3. The number of piperidine rings is 1. The molecule has 0 bridgehead atoms. The second kappa shape index (κ2) is 9.42. The standard InChI is InChI=1S/C28H27F2N3O/c29-25-15-20(7-8-22(25)18-31)27-16-21(28(34)32-12-2-1-3-13-32)11-14-33(27)23-9-10-24(26(30)17-23)19-5-4-6-19/h7-11,15-17,19H,1-6,12-14H2. The minimum atomic E-state index is -0.620. The van der Waals surface area contributed by atoms with Crippen LogP contribution in [0.3, 0.4) is 0 Å². The number of amides is 1. The third-order valence-electron chi connectivity index (χ3n) is 7.19. The minimum absolute atomic E-state index is 0.0301. The number of benzene rings is 2. The Morgan fingerprint density at radius 3 is 2.41 bits per heavy atom. The fourth-order valence-electron chi connectivity index (χ4n) is 4.98. The number of nitriles is 1. The summed E-state index contributed by atoms with van der Waals surface area (Å²) in [5.74, 6) is -0.596. The molecule has 0 atom stereocenters. The van der Waals surface area contributed by atoms with Gasteiger partial charge < -0.3 is 9.80 Å². The summed E-state index contributed by atoms with van der Waals surface area (Å²) < 4.78 is 29.5. The molecule has 2 aromatic carbocycles. The Morgan fingerprint density at radius 2 is 1.76 bits per heavy atom. The maximum atomic E-state index is 15.0. The van der Waals surface area contributed by atoms with Gasteiger partial charge in [0.25, 0.3) is 5.91 Å². The molecule has 1 aliphatic carbocycles. The molecule has 174 valence electrons. The number of carbonyl (C=O) groups is 1. The highest BCUT2D eigenvalue weighted by atomic mass is 19.1. The van der Waals surface area contributed by atoms with Crippen molar-refractivity contribution in [3.8, 4) is 6.07 Å². The molecule has 5 rings (SSSR count). The molecule has 1 amide bonds. The van der Waals surface area contributed by atoms with Crippen LogP contribution in [0.15, 0.2) is 54.1 Å². The van der Waals surface area contributed by atoms with Gasteiger partial charge in [0.15, 0.2) is 0 Å². The Morgan fingerprint density at radius 1 is 0.971 bits per heavy atom. The van der Waals surface area contributed by atoms with Gasteiger partial charge >= 0.3 is 0 Å². The average Bonchev–Trinajstić information content (AvgIpc) is 2.84. The molecular formula is C28H27F2N3O. The molecule has 1 saturated heterocycles. The third kappa shape index (κ3) is 4.23. The number of carbonyl (C=O) groups excluding carboxylic acids is 1. The quantitative estimate of drug-likeness (QED) is 0.572. The normalized spacial score (nSPS) is 18.6. The number of likely N-dealkylation sites (tertiary alicyclic amines) is 1. The first-order chi connectivity index (χ1) is 16.5. The first-order valence-corrected chi connectivity index (χ1v) is 12.0. The zero-order chi connectivity index (χ0) is 23.7. The van der Waals surface area contributed by atoms with E-state index in [-0.39, 0.29) is 23.2 Å². The molecule has 0 unspecified atom stereocenters. The Balaban J connectivity index is 1.51. The van der Waals surface area contributed by atoms with Gasteiger partial charge in [-0.2, -0.15) is 5.26 Å². The van der Waals surface area contributed by atoms with Gasteiger partial charge in [-0.3, -0.25) is 4.79 Å². The summed E-state index contributed by atoms with van der Waals surface area (Å²) in [6.45, 7) is 1.84. The number of nitrogens with zero attached hydrogens (tertiary/aromatic N) is 3. The lowest BCUT2D eigenvalue weighted by Crippen LogP contribution is -2.37. The highest BCUT2D eigenvalue weighted by Gasteiger charge is 2.27. The second-order valence-corrected chi connectivity index (χ2v) is 9.29. The van der Waals surface area contributed by atoms with Crippen molar-refractivity contribution >= 4 is 17.3 Å². The van der Waals surface area contributed by atoms with Crippen LogP contribution in [0.2, 0.25) is 0 Å². The average molecular weight is 460 g/mol. The van der Waals surface area contributed by atoms with E-state index in [2.05, 4.69) is 0 Å². The summed E-state index contributed by atoms with van der Waals surface area (Å²) in [6.07, 6.45) is 9.90. The topological polar surface area (TPSA) is 47.3 Å². The number of hydrogen-bond acceptors (Lipinski definition) is 3. The number of halogens is 2. The number of rotatable bonds is 4. The summed E-state index contributed by atoms with van der Waals surface area (Å²) in [7, 11) is 0.